The van der Waals surface area contributed by atoms with Gasteiger partial charge in [0, 0.05) is 17.1 Å². The Morgan fingerprint density at radius 2 is 2.06 bits per heavy atom. The number of aromatic nitrogens is 1. The molecule has 0 aliphatic carbocycles. The number of hydrogen-bond acceptors (Lipinski definition) is 3. The lowest BCUT2D eigenvalue weighted by Gasteiger charge is -2.07. The number of pyridine rings is 1. The van der Waals surface area contributed by atoms with Gasteiger partial charge >= 0.3 is 0 Å². The second kappa shape index (κ2) is 5.54. The molecule has 0 fully saturated rings. The van der Waals surface area contributed by atoms with Crippen molar-refractivity contribution in [1.29, 1.82) is 0 Å². The number of hydrogen-bond donors (Lipinski definition) is 1. The summed E-state index contributed by atoms with van der Waals surface area (Å²) >= 11 is 7.65. The van der Waals surface area contributed by atoms with Gasteiger partial charge < -0.3 is 5.73 Å². The second-order valence-electron chi connectivity index (χ2n) is 3.75. The monoisotopic (exact) mass is 264 g/mol. The Bertz CT molecular complexity index is 514. The average Bonchev–Trinajstić information content (AvgIpc) is 2.32. The maximum absolute atomic E-state index is 6.10. The lowest BCUT2D eigenvalue weighted by atomic mass is 10.1. The predicted octanol–water partition coefficient (Wildman–Crippen LogP) is 3.91. The first-order valence-electron chi connectivity index (χ1n) is 5.31. The predicted molar refractivity (Wildman–Crippen MR) is 72.4 cm³/mol. The summed E-state index contributed by atoms with van der Waals surface area (Å²) in [7, 11) is 0. The highest BCUT2D eigenvalue weighted by atomic mass is 35.5. The van der Waals surface area contributed by atoms with Gasteiger partial charge in [-0.2, -0.15) is 0 Å². The van der Waals surface area contributed by atoms with Gasteiger partial charge in [0.15, 0.2) is 0 Å². The molecule has 2 rings (SSSR count). The first-order chi connectivity index (χ1) is 8.16. The fourth-order valence-electron chi connectivity index (χ4n) is 1.40. The van der Waals surface area contributed by atoms with Gasteiger partial charge in [0.2, 0.25) is 0 Å². The Morgan fingerprint density at radius 3 is 2.76 bits per heavy atom. The molecule has 0 bridgehead atoms. The number of nitrogens with two attached hydrogens (primary N) is 1. The van der Waals surface area contributed by atoms with E-state index in [1.165, 1.54) is 0 Å². The normalized spacial score (nSPS) is 12.4. The zero-order valence-electron chi connectivity index (χ0n) is 9.43. The lowest BCUT2D eigenvalue weighted by molar-refractivity contribution is 0.808. The minimum absolute atomic E-state index is 0.0172. The molecular weight excluding hydrogens is 252 g/mol. The second-order valence-corrected chi connectivity index (χ2v) is 5.22. The van der Waals surface area contributed by atoms with E-state index in [9.17, 15) is 0 Å². The van der Waals surface area contributed by atoms with E-state index in [0.717, 1.165) is 20.5 Å². The van der Waals surface area contributed by atoms with Crippen molar-refractivity contribution < 1.29 is 0 Å². The zero-order chi connectivity index (χ0) is 12.3. The highest BCUT2D eigenvalue weighted by Gasteiger charge is 2.05. The third kappa shape index (κ3) is 3.22. The van der Waals surface area contributed by atoms with E-state index in [1.54, 1.807) is 18.0 Å². The van der Waals surface area contributed by atoms with Gasteiger partial charge in [-0.1, -0.05) is 35.5 Å². The minimum Gasteiger partial charge on any atom is -0.324 e. The summed E-state index contributed by atoms with van der Waals surface area (Å²) in [6.45, 7) is 1.96. The van der Waals surface area contributed by atoms with Gasteiger partial charge in [0.25, 0.3) is 0 Å². The van der Waals surface area contributed by atoms with Crippen LogP contribution in [0, 0.1) is 0 Å². The van der Waals surface area contributed by atoms with Crippen molar-refractivity contribution >= 4 is 23.4 Å². The summed E-state index contributed by atoms with van der Waals surface area (Å²) in [5.41, 5.74) is 6.92. The van der Waals surface area contributed by atoms with Gasteiger partial charge in [-0.15, -0.1) is 0 Å². The molecule has 0 amide bonds. The molecule has 2 aromatic rings. The molecule has 0 aliphatic heterocycles. The molecule has 0 radical (unpaired) electrons. The molecule has 1 atom stereocenters. The van der Waals surface area contributed by atoms with Gasteiger partial charge in [0.1, 0.15) is 5.03 Å². The maximum Gasteiger partial charge on any atom is 0.101 e. The standard InChI is InChI=1S/C13H13ClN2S/c1-9(15)10-6-7-16-13(8-10)17-12-5-3-2-4-11(12)14/h2-9H,15H2,1H3/t9-/m0/s1. The van der Waals surface area contributed by atoms with Gasteiger partial charge in [0.05, 0.1) is 5.02 Å². The highest BCUT2D eigenvalue weighted by molar-refractivity contribution is 7.99. The Balaban J connectivity index is 2.25. The van der Waals surface area contributed by atoms with Gasteiger partial charge in [-0.3, -0.25) is 0 Å². The van der Waals surface area contributed by atoms with E-state index < -0.39 is 0 Å². The van der Waals surface area contributed by atoms with Crippen LogP contribution in [0.2, 0.25) is 5.02 Å². The molecule has 1 heterocycles. The molecule has 17 heavy (non-hydrogen) atoms. The summed E-state index contributed by atoms with van der Waals surface area (Å²) in [4.78, 5) is 5.31. The molecule has 2 N–H and O–H groups in total. The Morgan fingerprint density at radius 1 is 1.29 bits per heavy atom. The highest BCUT2D eigenvalue weighted by Crippen LogP contribution is 2.32. The van der Waals surface area contributed by atoms with Crippen LogP contribution in [-0.4, -0.2) is 4.98 Å². The molecule has 4 heteroatoms. The van der Waals surface area contributed by atoms with Crippen molar-refractivity contribution in [2.75, 3.05) is 0 Å². The first-order valence-corrected chi connectivity index (χ1v) is 6.50. The summed E-state index contributed by atoms with van der Waals surface area (Å²) in [5, 5.41) is 1.65. The van der Waals surface area contributed by atoms with E-state index in [-0.39, 0.29) is 6.04 Å². The average molecular weight is 265 g/mol. The van der Waals surface area contributed by atoms with Crippen molar-refractivity contribution in [2.45, 2.75) is 22.9 Å². The third-order valence-electron chi connectivity index (χ3n) is 2.34. The quantitative estimate of drug-likeness (QED) is 0.914. The van der Waals surface area contributed by atoms with E-state index in [4.69, 9.17) is 17.3 Å². The largest absolute Gasteiger partial charge is 0.324 e. The van der Waals surface area contributed by atoms with Crippen LogP contribution in [0.3, 0.4) is 0 Å². The molecule has 0 aliphatic rings. The molecule has 88 valence electrons. The molecule has 0 spiro atoms. The molecule has 0 saturated heterocycles. The summed E-state index contributed by atoms with van der Waals surface area (Å²) in [6, 6.07) is 11.7. The van der Waals surface area contributed by atoms with Crippen LogP contribution in [0.4, 0.5) is 0 Å². The Hall–Kier alpha value is -1.03. The van der Waals surface area contributed by atoms with Crippen molar-refractivity contribution in [3.63, 3.8) is 0 Å². The van der Waals surface area contributed by atoms with E-state index >= 15 is 0 Å². The number of benzene rings is 1. The maximum atomic E-state index is 6.10. The van der Waals surface area contributed by atoms with E-state index in [0.29, 0.717) is 0 Å². The Labute approximate surface area is 110 Å². The van der Waals surface area contributed by atoms with E-state index in [2.05, 4.69) is 4.98 Å². The molecule has 1 aromatic heterocycles. The third-order valence-corrected chi connectivity index (χ3v) is 3.79. The molecule has 2 nitrogen and oxygen atoms in total. The van der Waals surface area contributed by atoms with Crippen LogP contribution in [0.15, 0.2) is 52.5 Å². The molecule has 0 unspecified atom stereocenters. The van der Waals surface area contributed by atoms with Crippen LogP contribution in [0.5, 0.6) is 0 Å². The van der Waals surface area contributed by atoms with Crippen LogP contribution < -0.4 is 5.73 Å². The topological polar surface area (TPSA) is 38.9 Å². The molecule has 1 aromatic carbocycles. The van der Waals surface area contributed by atoms with Crippen molar-refractivity contribution in [1.82, 2.24) is 4.98 Å². The number of rotatable bonds is 3. The minimum atomic E-state index is 0.0172. The van der Waals surface area contributed by atoms with Crippen molar-refractivity contribution in [3.05, 3.63) is 53.2 Å². The molecule has 0 saturated carbocycles. The summed E-state index contributed by atoms with van der Waals surface area (Å²) < 4.78 is 0. The smallest absolute Gasteiger partial charge is 0.101 e. The Kier molecular flexibility index (Phi) is 4.05. The fraction of sp³-hybridized carbons (Fsp3) is 0.154. The number of nitrogens with zero attached hydrogens (tertiary/aromatic N) is 1. The van der Waals surface area contributed by atoms with Crippen molar-refractivity contribution in [3.8, 4) is 0 Å². The van der Waals surface area contributed by atoms with Gasteiger partial charge in [-0.05, 0) is 36.8 Å². The number of halogens is 1. The fourth-order valence-corrected chi connectivity index (χ4v) is 2.50. The first kappa shape index (κ1) is 12.4. The van der Waals surface area contributed by atoms with Gasteiger partial charge in [-0.25, -0.2) is 4.98 Å². The van der Waals surface area contributed by atoms with Crippen LogP contribution >= 0.6 is 23.4 Å². The van der Waals surface area contributed by atoms with E-state index in [1.807, 2.05) is 43.3 Å². The van der Waals surface area contributed by atoms with Crippen LogP contribution in [-0.2, 0) is 0 Å². The summed E-state index contributed by atoms with van der Waals surface area (Å²) in [5.74, 6) is 0. The lowest BCUT2D eigenvalue weighted by Crippen LogP contribution is -2.04. The van der Waals surface area contributed by atoms with Crippen LogP contribution in [0.1, 0.15) is 18.5 Å². The van der Waals surface area contributed by atoms with Crippen molar-refractivity contribution in [2.24, 2.45) is 5.73 Å². The summed E-state index contributed by atoms with van der Waals surface area (Å²) in [6.07, 6.45) is 1.78. The van der Waals surface area contributed by atoms with Crippen LogP contribution in [0.25, 0.3) is 0 Å². The zero-order valence-corrected chi connectivity index (χ0v) is 11.0. The SMILES string of the molecule is C[C@H](N)c1ccnc(Sc2ccccc2Cl)c1. The molecular formula is C13H13ClN2S.